The maximum absolute atomic E-state index is 8.59. The van der Waals surface area contributed by atoms with E-state index in [-0.39, 0.29) is 16.7 Å². The highest BCUT2D eigenvalue weighted by Crippen LogP contribution is 2.24. The molecule has 0 amide bonds. The number of nitrogens with zero attached hydrogens (tertiary/aromatic N) is 3. The summed E-state index contributed by atoms with van der Waals surface area (Å²) in [4.78, 5) is 7.75. The number of rotatable bonds is 3. The predicted octanol–water partition coefficient (Wildman–Crippen LogP) is 0.635. The van der Waals surface area contributed by atoms with Crippen LogP contribution in [0, 0.1) is 11.3 Å². The number of thioether (sulfide) groups is 1. The van der Waals surface area contributed by atoms with Gasteiger partial charge in [-0.25, -0.2) is 9.97 Å². The van der Waals surface area contributed by atoms with Crippen molar-refractivity contribution in [3.8, 4) is 6.07 Å². The number of anilines is 1. The molecule has 0 aromatic carbocycles. The van der Waals surface area contributed by atoms with Crippen molar-refractivity contribution in [1.29, 1.82) is 5.26 Å². The van der Waals surface area contributed by atoms with Gasteiger partial charge in [0.25, 0.3) is 0 Å². The van der Waals surface area contributed by atoms with Crippen LogP contribution in [0.1, 0.15) is 5.69 Å². The lowest BCUT2D eigenvalue weighted by Gasteiger charge is -2.03. The molecule has 1 aromatic heterocycles. The highest BCUT2D eigenvalue weighted by Gasteiger charge is 2.09. The molecule has 1 aromatic rings. The summed E-state index contributed by atoms with van der Waals surface area (Å²) in [6.07, 6.45) is 0. The molecular formula is C7H8ClN5S. The smallest absolute Gasteiger partial charge is 0.184 e. The highest BCUT2D eigenvalue weighted by molar-refractivity contribution is 7.99. The summed E-state index contributed by atoms with van der Waals surface area (Å²) < 4.78 is 0. The molecule has 0 unspecified atom stereocenters. The SMILES string of the molecule is N#Cc1nc(Cl)c(SCCN)nc1N. The Morgan fingerprint density at radius 1 is 1.50 bits per heavy atom. The standard InChI is InChI=1S/C7H8ClN5S/c8-5-7(14-2-1-9)13-6(11)4(3-10)12-5/h1-2,9H2,(H2,11,13). The van der Waals surface area contributed by atoms with Gasteiger partial charge in [0, 0.05) is 12.3 Å². The van der Waals surface area contributed by atoms with Crippen molar-refractivity contribution in [2.45, 2.75) is 5.03 Å². The minimum absolute atomic E-state index is 0.0482. The molecular weight excluding hydrogens is 222 g/mol. The fourth-order valence-corrected chi connectivity index (χ4v) is 1.67. The summed E-state index contributed by atoms with van der Waals surface area (Å²) in [5, 5.41) is 9.29. The lowest BCUT2D eigenvalue weighted by molar-refractivity contribution is 1.04. The largest absolute Gasteiger partial charge is 0.381 e. The van der Waals surface area contributed by atoms with Gasteiger partial charge >= 0.3 is 0 Å². The average Bonchev–Trinajstić information content (AvgIpc) is 2.18. The van der Waals surface area contributed by atoms with Crippen molar-refractivity contribution >= 4 is 29.2 Å². The summed E-state index contributed by atoms with van der Waals surface area (Å²) in [6, 6.07) is 1.80. The molecule has 14 heavy (non-hydrogen) atoms. The van der Waals surface area contributed by atoms with E-state index in [4.69, 9.17) is 28.3 Å². The van der Waals surface area contributed by atoms with Crippen LogP contribution in [-0.2, 0) is 0 Å². The zero-order valence-electron chi connectivity index (χ0n) is 7.20. The molecule has 0 fully saturated rings. The third-order valence-corrected chi connectivity index (χ3v) is 2.69. The van der Waals surface area contributed by atoms with Crippen molar-refractivity contribution in [2.75, 3.05) is 18.0 Å². The van der Waals surface area contributed by atoms with Gasteiger partial charge in [0.1, 0.15) is 11.1 Å². The monoisotopic (exact) mass is 229 g/mol. The van der Waals surface area contributed by atoms with Gasteiger partial charge in [-0.05, 0) is 0 Å². The Balaban J connectivity index is 2.98. The van der Waals surface area contributed by atoms with Crippen LogP contribution in [0.5, 0.6) is 0 Å². The summed E-state index contributed by atoms with van der Waals surface area (Å²) in [5.41, 5.74) is 10.8. The Labute approximate surface area is 90.5 Å². The van der Waals surface area contributed by atoms with E-state index in [2.05, 4.69) is 9.97 Å². The average molecular weight is 230 g/mol. The molecule has 1 heterocycles. The first-order chi connectivity index (χ1) is 6.69. The molecule has 1 rings (SSSR count). The van der Waals surface area contributed by atoms with E-state index in [0.717, 1.165) is 0 Å². The first-order valence-corrected chi connectivity index (χ1v) is 5.11. The number of hydrogen-bond donors (Lipinski definition) is 2. The Kier molecular flexibility index (Phi) is 3.95. The zero-order valence-corrected chi connectivity index (χ0v) is 8.77. The van der Waals surface area contributed by atoms with Crippen LogP contribution in [-0.4, -0.2) is 22.3 Å². The normalized spacial score (nSPS) is 9.79. The van der Waals surface area contributed by atoms with Gasteiger partial charge < -0.3 is 11.5 Å². The maximum Gasteiger partial charge on any atom is 0.184 e. The van der Waals surface area contributed by atoms with Gasteiger partial charge in [0.15, 0.2) is 16.7 Å². The van der Waals surface area contributed by atoms with E-state index < -0.39 is 0 Å². The Bertz CT molecular complexity index is 375. The number of halogens is 1. The second-order valence-corrected chi connectivity index (χ2v) is 3.74. The number of nitrogens with two attached hydrogens (primary N) is 2. The molecule has 0 aliphatic heterocycles. The van der Waals surface area contributed by atoms with Crippen LogP contribution < -0.4 is 11.5 Å². The third kappa shape index (κ3) is 2.48. The minimum atomic E-state index is 0.0482. The minimum Gasteiger partial charge on any atom is -0.381 e. The molecule has 0 saturated heterocycles. The number of nitriles is 1. The molecule has 0 aliphatic carbocycles. The van der Waals surface area contributed by atoms with Crippen LogP contribution in [0.3, 0.4) is 0 Å². The number of nitrogen functional groups attached to an aromatic ring is 1. The molecule has 0 aliphatic rings. The first-order valence-electron chi connectivity index (χ1n) is 3.75. The van der Waals surface area contributed by atoms with Gasteiger partial charge in [-0.1, -0.05) is 11.6 Å². The number of hydrogen-bond acceptors (Lipinski definition) is 6. The Hall–Kier alpha value is -1.03. The molecule has 74 valence electrons. The molecule has 0 saturated carbocycles. The topological polar surface area (TPSA) is 102 Å². The summed E-state index contributed by atoms with van der Waals surface area (Å²) in [7, 11) is 0. The molecule has 5 nitrogen and oxygen atoms in total. The van der Waals surface area contributed by atoms with E-state index in [1.165, 1.54) is 11.8 Å². The van der Waals surface area contributed by atoms with Gasteiger partial charge in [-0.3, -0.25) is 0 Å². The van der Waals surface area contributed by atoms with Crippen LogP contribution in [0.2, 0.25) is 5.15 Å². The van der Waals surface area contributed by atoms with E-state index in [9.17, 15) is 0 Å². The Morgan fingerprint density at radius 3 is 2.79 bits per heavy atom. The number of aromatic nitrogens is 2. The Morgan fingerprint density at radius 2 is 2.21 bits per heavy atom. The van der Waals surface area contributed by atoms with Crippen LogP contribution in [0.15, 0.2) is 5.03 Å². The molecule has 0 atom stereocenters. The summed E-state index contributed by atoms with van der Waals surface area (Å²) in [6.45, 7) is 0.516. The zero-order chi connectivity index (χ0) is 10.6. The second kappa shape index (κ2) is 5.00. The van der Waals surface area contributed by atoms with E-state index in [1.54, 1.807) is 6.07 Å². The van der Waals surface area contributed by atoms with Crippen LogP contribution >= 0.6 is 23.4 Å². The fourth-order valence-electron chi connectivity index (χ4n) is 0.741. The van der Waals surface area contributed by atoms with E-state index in [1.807, 2.05) is 0 Å². The molecule has 0 bridgehead atoms. The lowest BCUT2D eigenvalue weighted by atomic mass is 10.4. The second-order valence-electron chi connectivity index (χ2n) is 2.30. The molecule has 7 heteroatoms. The van der Waals surface area contributed by atoms with Gasteiger partial charge in [0.2, 0.25) is 0 Å². The summed E-state index contributed by atoms with van der Waals surface area (Å²) in [5.74, 6) is 0.774. The van der Waals surface area contributed by atoms with Gasteiger partial charge in [-0.2, -0.15) is 5.26 Å². The van der Waals surface area contributed by atoms with Gasteiger partial charge in [-0.15, -0.1) is 11.8 Å². The maximum atomic E-state index is 8.59. The highest BCUT2D eigenvalue weighted by atomic mass is 35.5. The van der Waals surface area contributed by atoms with Crippen molar-refractivity contribution in [3.05, 3.63) is 10.8 Å². The summed E-state index contributed by atoms with van der Waals surface area (Å²) >= 11 is 7.13. The quantitative estimate of drug-likeness (QED) is 0.738. The first kappa shape index (κ1) is 11.0. The van der Waals surface area contributed by atoms with Crippen LogP contribution in [0.4, 0.5) is 5.82 Å². The van der Waals surface area contributed by atoms with Crippen molar-refractivity contribution in [2.24, 2.45) is 5.73 Å². The fraction of sp³-hybridized carbons (Fsp3) is 0.286. The van der Waals surface area contributed by atoms with Crippen molar-refractivity contribution in [1.82, 2.24) is 9.97 Å². The predicted molar refractivity (Wildman–Crippen MR) is 55.9 cm³/mol. The van der Waals surface area contributed by atoms with E-state index in [0.29, 0.717) is 17.3 Å². The molecule has 0 radical (unpaired) electrons. The van der Waals surface area contributed by atoms with E-state index >= 15 is 0 Å². The van der Waals surface area contributed by atoms with Crippen LogP contribution in [0.25, 0.3) is 0 Å². The lowest BCUT2D eigenvalue weighted by Crippen LogP contribution is -2.04. The molecule has 0 spiro atoms. The van der Waals surface area contributed by atoms with Crippen molar-refractivity contribution in [3.63, 3.8) is 0 Å². The third-order valence-electron chi connectivity index (χ3n) is 1.31. The van der Waals surface area contributed by atoms with Crippen molar-refractivity contribution < 1.29 is 0 Å². The van der Waals surface area contributed by atoms with Gasteiger partial charge in [0.05, 0.1) is 0 Å². The molecule has 4 N–H and O–H groups in total.